The summed E-state index contributed by atoms with van der Waals surface area (Å²) in [6.45, 7) is 2.20. The van der Waals surface area contributed by atoms with Crippen LogP contribution in [0.4, 0.5) is 11.5 Å². The summed E-state index contributed by atoms with van der Waals surface area (Å²) in [6, 6.07) is 8.47. The zero-order chi connectivity index (χ0) is 16.8. The molecule has 1 amide bonds. The molecular formula is C15H18N4O4. The van der Waals surface area contributed by atoms with Crippen LogP contribution < -0.4 is 10.1 Å². The van der Waals surface area contributed by atoms with Crippen LogP contribution in [0.2, 0.25) is 0 Å². The maximum Gasteiger partial charge on any atom is 0.390 e. The Morgan fingerprint density at radius 1 is 1.39 bits per heavy atom. The molecule has 0 bridgehead atoms. The lowest BCUT2D eigenvalue weighted by Crippen LogP contribution is -2.13. The van der Waals surface area contributed by atoms with Crippen LogP contribution in [-0.4, -0.2) is 27.7 Å². The molecule has 0 fully saturated rings. The first-order valence-corrected chi connectivity index (χ1v) is 7.12. The van der Waals surface area contributed by atoms with Gasteiger partial charge in [0.05, 0.1) is 30.5 Å². The Morgan fingerprint density at radius 2 is 2.09 bits per heavy atom. The fraction of sp³-hybridized carbons (Fsp3) is 0.333. The predicted octanol–water partition coefficient (Wildman–Crippen LogP) is 2.53. The first kappa shape index (κ1) is 16.5. The van der Waals surface area contributed by atoms with Gasteiger partial charge in [0.2, 0.25) is 5.91 Å². The Morgan fingerprint density at radius 3 is 2.65 bits per heavy atom. The number of nitrogens with one attached hydrogen (secondary N) is 1. The van der Waals surface area contributed by atoms with Crippen LogP contribution in [0.3, 0.4) is 0 Å². The standard InChI is InChI=1S/C15H18N4O4/c1-11-10-14(19(21)22)17-18(11)9-3-4-15(20)16-12-5-7-13(23-2)8-6-12/h5-8,10H,3-4,9H2,1-2H3,(H,16,20). The highest BCUT2D eigenvalue weighted by Gasteiger charge is 2.15. The average molecular weight is 318 g/mol. The molecule has 8 heteroatoms. The first-order valence-electron chi connectivity index (χ1n) is 7.12. The predicted molar refractivity (Wildman–Crippen MR) is 84.5 cm³/mol. The summed E-state index contributed by atoms with van der Waals surface area (Å²) in [7, 11) is 1.58. The molecule has 0 aliphatic carbocycles. The summed E-state index contributed by atoms with van der Waals surface area (Å²) in [6.07, 6.45) is 0.848. The molecule has 1 aromatic carbocycles. The van der Waals surface area contributed by atoms with Crippen molar-refractivity contribution in [2.45, 2.75) is 26.3 Å². The van der Waals surface area contributed by atoms with Gasteiger partial charge < -0.3 is 20.2 Å². The maximum absolute atomic E-state index is 11.9. The highest BCUT2D eigenvalue weighted by molar-refractivity contribution is 5.90. The van der Waals surface area contributed by atoms with Crippen molar-refractivity contribution in [1.29, 1.82) is 0 Å². The van der Waals surface area contributed by atoms with E-state index in [0.29, 0.717) is 30.8 Å². The third kappa shape index (κ3) is 4.53. The van der Waals surface area contributed by atoms with Gasteiger partial charge in [0.1, 0.15) is 5.75 Å². The van der Waals surface area contributed by atoms with Crippen molar-refractivity contribution in [3.8, 4) is 5.75 Å². The monoisotopic (exact) mass is 318 g/mol. The van der Waals surface area contributed by atoms with Crippen LogP contribution in [0, 0.1) is 17.0 Å². The lowest BCUT2D eigenvalue weighted by molar-refractivity contribution is -0.389. The molecule has 0 spiro atoms. The van der Waals surface area contributed by atoms with Crippen molar-refractivity contribution in [1.82, 2.24) is 9.78 Å². The molecule has 122 valence electrons. The second kappa shape index (κ2) is 7.39. The number of benzene rings is 1. The van der Waals surface area contributed by atoms with Crippen molar-refractivity contribution >= 4 is 17.4 Å². The van der Waals surface area contributed by atoms with E-state index >= 15 is 0 Å². The molecule has 2 rings (SSSR count). The Hall–Kier alpha value is -2.90. The molecule has 0 saturated carbocycles. The Labute approximate surface area is 133 Å². The van der Waals surface area contributed by atoms with Gasteiger partial charge in [0, 0.05) is 12.1 Å². The van der Waals surface area contributed by atoms with E-state index in [4.69, 9.17) is 4.74 Å². The minimum absolute atomic E-state index is 0.116. The lowest BCUT2D eigenvalue weighted by Gasteiger charge is -2.06. The van der Waals surface area contributed by atoms with E-state index in [1.807, 2.05) is 0 Å². The minimum atomic E-state index is -0.528. The summed E-state index contributed by atoms with van der Waals surface area (Å²) in [4.78, 5) is 22.0. The number of aromatic nitrogens is 2. The van der Waals surface area contributed by atoms with Crippen LogP contribution in [0.5, 0.6) is 5.75 Å². The molecule has 0 atom stereocenters. The molecule has 1 aromatic heterocycles. The van der Waals surface area contributed by atoms with Crippen LogP contribution in [-0.2, 0) is 11.3 Å². The van der Waals surface area contributed by atoms with Crippen molar-refractivity contribution < 1.29 is 14.5 Å². The molecular weight excluding hydrogens is 300 g/mol. The second-order valence-electron chi connectivity index (χ2n) is 5.00. The Kier molecular flexibility index (Phi) is 5.29. The number of carbonyl (C=O) groups excluding carboxylic acids is 1. The van der Waals surface area contributed by atoms with E-state index in [9.17, 15) is 14.9 Å². The van der Waals surface area contributed by atoms with Gasteiger partial charge in [-0.2, -0.15) is 4.68 Å². The van der Waals surface area contributed by atoms with Gasteiger partial charge in [0.25, 0.3) is 0 Å². The number of rotatable bonds is 7. The number of amides is 1. The molecule has 0 aliphatic rings. The van der Waals surface area contributed by atoms with Gasteiger partial charge in [-0.05, 0) is 42.5 Å². The van der Waals surface area contributed by atoms with E-state index in [0.717, 1.165) is 5.75 Å². The molecule has 8 nitrogen and oxygen atoms in total. The van der Waals surface area contributed by atoms with Crippen molar-refractivity contribution in [3.05, 3.63) is 46.1 Å². The van der Waals surface area contributed by atoms with Crippen LogP contribution in [0.1, 0.15) is 18.5 Å². The fourth-order valence-corrected chi connectivity index (χ4v) is 2.10. The highest BCUT2D eigenvalue weighted by atomic mass is 16.6. The molecule has 0 saturated heterocycles. The number of nitrogens with zero attached hydrogens (tertiary/aromatic N) is 3. The molecule has 0 radical (unpaired) electrons. The number of anilines is 1. The van der Waals surface area contributed by atoms with Gasteiger partial charge in [-0.25, -0.2) is 0 Å². The summed E-state index contributed by atoms with van der Waals surface area (Å²) in [5.41, 5.74) is 1.40. The number of methoxy groups -OCH3 is 1. The molecule has 0 unspecified atom stereocenters. The van der Waals surface area contributed by atoms with E-state index in [1.165, 1.54) is 6.07 Å². The van der Waals surface area contributed by atoms with Gasteiger partial charge in [-0.15, -0.1) is 0 Å². The molecule has 0 aliphatic heterocycles. The SMILES string of the molecule is COc1ccc(NC(=O)CCCn2nc([N+](=O)[O-])cc2C)cc1. The summed E-state index contributed by atoms with van der Waals surface area (Å²) >= 11 is 0. The Bertz CT molecular complexity index is 694. The normalized spacial score (nSPS) is 10.3. The smallest absolute Gasteiger partial charge is 0.390 e. The van der Waals surface area contributed by atoms with Crippen molar-refractivity contribution in [2.75, 3.05) is 12.4 Å². The van der Waals surface area contributed by atoms with Crippen molar-refractivity contribution in [2.24, 2.45) is 0 Å². The van der Waals surface area contributed by atoms with Crippen LogP contribution >= 0.6 is 0 Å². The van der Waals surface area contributed by atoms with Gasteiger partial charge in [0.15, 0.2) is 0 Å². The highest BCUT2D eigenvalue weighted by Crippen LogP contribution is 2.15. The second-order valence-corrected chi connectivity index (χ2v) is 5.00. The fourth-order valence-electron chi connectivity index (χ4n) is 2.10. The zero-order valence-electron chi connectivity index (χ0n) is 13.0. The number of hydrogen-bond acceptors (Lipinski definition) is 5. The van der Waals surface area contributed by atoms with E-state index < -0.39 is 4.92 Å². The van der Waals surface area contributed by atoms with Gasteiger partial charge in [-0.3, -0.25) is 4.79 Å². The summed E-state index contributed by atoms with van der Waals surface area (Å²) < 4.78 is 6.59. The summed E-state index contributed by atoms with van der Waals surface area (Å²) in [5.74, 6) is 0.429. The summed E-state index contributed by atoms with van der Waals surface area (Å²) in [5, 5.41) is 17.3. The maximum atomic E-state index is 11.9. The Balaban J connectivity index is 1.81. The van der Waals surface area contributed by atoms with Gasteiger partial charge in [-0.1, -0.05) is 0 Å². The number of hydrogen-bond donors (Lipinski definition) is 1. The number of aryl methyl sites for hydroxylation is 2. The van der Waals surface area contributed by atoms with Crippen LogP contribution in [0.25, 0.3) is 0 Å². The third-order valence-corrected chi connectivity index (χ3v) is 3.30. The average Bonchev–Trinajstić information content (AvgIpc) is 2.89. The first-order chi connectivity index (χ1) is 11.0. The molecule has 23 heavy (non-hydrogen) atoms. The number of carbonyl (C=O) groups is 1. The largest absolute Gasteiger partial charge is 0.497 e. The molecule has 1 heterocycles. The topological polar surface area (TPSA) is 99.3 Å². The third-order valence-electron chi connectivity index (χ3n) is 3.30. The lowest BCUT2D eigenvalue weighted by atomic mass is 10.2. The van der Waals surface area contributed by atoms with Crippen LogP contribution in [0.15, 0.2) is 30.3 Å². The van der Waals surface area contributed by atoms with Gasteiger partial charge >= 0.3 is 5.82 Å². The van der Waals surface area contributed by atoms with Crippen molar-refractivity contribution in [3.63, 3.8) is 0 Å². The van der Waals surface area contributed by atoms with E-state index in [2.05, 4.69) is 10.4 Å². The van der Waals surface area contributed by atoms with E-state index in [1.54, 1.807) is 43.0 Å². The zero-order valence-corrected chi connectivity index (χ0v) is 13.0. The molecule has 2 aromatic rings. The number of ether oxygens (including phenoxy) is 1. The quantitative estimate of drug-likeness (QED) is 0.624. The van der Waals surface area contributed by atoms with E-state index in [-0.39, 0.29) is 11.7 Å². The molecule has 1 N–H and O–H groups in total. The minimum Gasteiger partial charge on any atom is -0.497 e. The number of nitro groups is 1.